The van der Waals surface area contributed by atoms with E-state index in [4.69, 9.17) is 5.11 Å². The number of hydrogen-bond acceptors (Lipinski definition) is 3. The maximum absolute atomic E-state index is 11.9. The first-order valence-corrected chi connectivity index (χ1v) is 15.7. The summed E-state index contributed by atoms with van der Waals surface area (Å²) in [4.78, 5) is 23.0. The Balaban J connectivity index is 3.36. The van der Waals surface area contributed by atoms with Gasteiger partial charge >= 0.3 is 5.97 Å². The molecular weight excluding hydrogens is 442 g/mol. The van der Waals surface area contributed by atoms with E-state index in [0.717, 1.165) is 18.6 Å². The van der Waals surface area contributed by atoms with Gasteiger partial charge in [-0.15, -0.1) is 0 Å². The van der Waals surface area contributed by atoms with Crippen LogP contribution in [-0.4, -0.2) is 35.0 Å². The minimum absolute atomic E-state index is 0.300. The largest absolute Gasteiger partial charge is 0.480 e. The van der Waals surface area contributed by atoms with Crippen molar-refractivity contribution < 1.29 is 14.7 Å². The maximum atomic E-state index is 11.9. The third kappa shape index (κ3) is 24.2. The number of aliphatic carboxylic acids is 1. The SMILES string of the molecule is CCCCCCCCCCCCCCCCCCCCC/C=C/C(=O)N[C@@H](CCSC)C(=O)O. The van der Waals surface area contributed by atoms with Crippen molar-refractivity contribution in [1.29, 1.82) is 0 Å². The van der Waals surface area contributed by atoms with Crippen LogP contribution in [0.4, 0.5) is 0 Å². The number of amides is 1. The van der Waals surface area contributed by atoms with Gasteiger partial charge in [-0.25, -0.2) is 4.79 Å². The van der Waals surface area contributed by atoms with Crippen molar-refractivity contribution in [2.45, 2.75) is 148 Å². The topological polar surface area (TPSA) is 66.4 Å². The number of allylic oxidation sites excluding steroid dienone is 1. The van der Waals surface area contributed by atoms with Gasteiger partial charge < -0.3 is 10.4 Å². The molecule has 0 saturated heterocycles. The van der Waals surface area contributed by atoms with Gasteiger partial charge in [-0.3, -0.25) is 4.79 Å². The van der Waals surface area contributed by atoms with Crippen LogP contribution in [0.15, 0.2) is 12.2 Å². The Hall–Kier alpha value is -0.970. The average Bonchev–Trinajstić information content (AvgIpc) is 2.82. The highest BCUT2D eigenvalue weighted by Gasteiger charge is 2.17. The van der Waals surface area contributed by atoms with Crippen LogP contribution < -0.4 is 5.32 Å². The highest BCUT2D eigenvalue weighted by atomic mass is 32.2. The molecule has 1 atom stereocenters. The van der Waals surface area contributed by atoms with Crippen molar-refractivity contribution in [1.82, 2.24) is 5.32 Å². The molecule has 0 spiro atoms. The number of carboxylic acid groups (broad SMARTS) is 1. The number of rotatable bonds is 26. The van der Waals surface area contributed by atoms with E-state index >= 15 is 0 Å². The summed E-state index contributed by atoms with van der Waals surface area (Å²) in [5, 5.41) is 11.7. The number of hydrogen-bond donors (Lipinski definition) is 2. The third-order valence-corrected chi connectivity index (χ3v) is 7.11. The average molecular weight is 498 g/mol. The molecule has 200 valence electrons. The molecule has 0 rings (SSSR count). The van der Waals surface area contributed by atoms with Crippen LogP contribution in [0, 0.1) is 0 Å². The zero-order chi connectivity index (χ0) is 25.1. The number of nitrogens with one attached hydrogen (secondary N) is 1. The van der Waals surface area contributed by atoms with Crippen LogP contribution >= 0.6 is 11.8 Å². The van der Waals surface area contributed by atoms with E-state index in [1.807, 2.05) is 12.3 Å². The van der Waals surface area contributed by atoms with Gasteiger partial charge in [-0.2, -0.15) is 11.8 Å². The van der Waals surface area contributed by atoms with Gasteiger partial charge in [-0.1, -0.05) is 129 Å². The molecule has 0 bridgehead atoms. The smallest absolute Gasteiger partial charge is 0.326 e. The van der Waals surface area contributed by atoms with Gasteiger partial charge in [0.15, 0.2) is 0 Å². The quantitative estimate of drug-likeness (QED) is 0.0926. The summed E-state index contributed by atoms with van der Waals surface area (Å²) in [6, 6.07) is -0.792. The van der Waals surface area contributed by atoms with Crippen LogP contribution in [0.1, 0.15) is 142 Å². The third-order valence-electron chi connectivity index (χ3n) is 6.47. The molecule has 5 heteroatoms. The van der Waals surface area contributed by atoms with E-state index in [-0.39, 0.29) is 5.91 Å². The number of carboxylic acids is 1. The van der Waals surface area contributed by atoms with Gasteiger partial charge in [0.05, 0.1) is 0 Å². The minimum atomic E-state index is -0.963. The molecule has 0 aromatic heterocycles. The summed E-state index contributed by atoms with van der Waals surface area (Å²) < 4.78 is 0. The Morgan fingerprint density at radius 1 is 0.735 bits per heavy atom. The second-order valence-corrected chi connectivity index (χ2v) is 10.7. The van der Waals surface area contributed by atoms with Gasteiger partial charge in [0.1, 0.15) is 6.04 Å². The van der Waals surface area contributed by atoms with Crippen molar-refractivity contribution in [2.24, 2.45) is 0 Å². The monoisotopic (exact) mass is 497 g/mol. The Kier molecular flexibility index (Phi) is 25.9. The molecule has 2 N–H and O–H groups in total. The Bertz CT molecular complexity index is 496. The highest BCUT2D eigenvalue weighted by Crippen LogP contribution is 2.15. The number of thioether (sulfide) groups is 1. The molecule has 0 aliphatic rings. The molecule has 0 saturated carbocycles. The fraction of sp³-hybridized carbons (Fsp3) is 0.862. The van der Waals surface area contributed by atoms with Crippen LogP contribution in [0.5, 0.6) is 0 Å². The van der Waals surface area contributed by atoms with Crippen LogP contribution in [-0.2, 0) is 9.59 Å². The van der Waals surface area contributed by atoms with Crippen molar-refractivity contribution in [2.75, 3.05) is 12.0 Å². The van der Waals surface area contributed by atoms with E-state index < -0.39 is 12.0 Å². The molecule has 0 unspecified atom stereocenters. The second kappa shape index (κ2) is 26.6. The number of carbonyl (C=O) groups is 2. The molecule has 0 aromatic carbocycles. The first kappa shape index (κ1) is 33.0. The van der Waals surface area contributed by atoms with Gasteiger partial charge in [0, 0.05) is 0 Å². The van der Waals surface area contributed by atoms with Gasteiger partial charge in [-0.05, 0) is 37.3 Å². The van der Waals surface area contributed by atoms with Crippen LogP contribution in [0.25, 0.3) is 0 Å². The zero-order valence-electron chi connectivity index (χ0n) is 22.5. The Morgan fingerprint density at radius 2 is 1.15 bits per heavy atom. The first-order chi connectivity index (χ1) is 16.6. The maximum Gasteiger partial charge on any atom is 0.326 e. The lowest BCUT2D eigenvalue weighted by molar-refractivity contribution is -0.141. The fourth-order valence-electron chi connectivity index (χ4n) is 4.24. The lowest BCUT2D eigenvalue weighted by Gasteiger charge is -2.12. The minimum Gasteiger partial charge on any atom is -0.480 e. The molecular formula is C29H55NO3S. The van der Waals surface area contributed by atoms with Crippen LogP contribution in [0.2, 0.25) is 0 Å². The Morgan fingerprint density at radius 3 is 1.53 bits per heavy atom. The molecule has 4 nitrogen and oxygen atoms in total. The van der Waals surface area contributed by atoms with Crippen molar-refractivity contribution in [3.05, 3.63) is 12.2 Å². The summed E-state index contributed by atoms with van der Waals surface area (Å²) in [7, 11) is 0. The predicted molar refractivity (Wildman–Crippen MR) is 150 cm³/mol. The van der Waals surface area contributed by atoms with E-state index in [9.17, 15) is 9.59 Å². The molecule has 0 aliphatic carbocycles. The van der Waals surface area contributed by atoms with Crippen LogP contribution in [0.3, 0.4) is 0 Å². The van der Waals surface area contributed by atoms with Crippen molar-refractivity contribution >= 4 is 23.6 Å². The summed E-state index contributed by atoms with van der Waals surface area (Å²) >= 11 is 1.58. The first-order valence-electron chi connectivity index (χ1n) is 14.3. The van der Waals surface area contributed by atoms with Crippen molar-refractivity contribution in [3.8, 4) is 0 Å². The zero-order valence-corrected chi connectivity index (χ0v) is 23.3. The second-order valence-electron chi connectivity index (χ2n) is 9.74. The lowest BCUT2D eigenvalue weighted by Crippen LogP contribution is -2.40. The molecule has 0 heterocycles. The molecule has 0 radical (unpaired) electrons. The van der Waals surface area contributed by atoms with Crippen molar-refractivity contribution in [3.63, 3.8) is 0 Å². The summed E-state index contributed by atoms with van der Waals surface area (Å²) in [5.74, 6) is -0.541. The molecule has 0 fully saturated rings. The molecule has 1 amide bonds. The van der Waals surface area contributed by atoms with Gasteiger partial charge in [0.25, 0.3) is 0 Å². The molecule has 0 aliphatic heterocycles. The van der Waals surface area contributed by atoms with Gasteiger partial charge in [0.2, 0.25) is 5.91 Å². The molecule has 0 aromatic rings. The highest BCUT2D eigenvalue weighted by molar-refractivity contribution is 7.98. The lowest BCUT2D eigenvalue weighted by atomic mass is 10.0. The standard InChI is InChI=1S/C29H55NO3S/c1-3-4-5-6-7-8-9-10-11-12-13-14-15-16-17-18-19-20-21-22-23-24-28(31)30-27(29(32)33)25-26-34-2/h23-24,27H,3-22,25-26H2,1-2H3,(H,30,31)(H,32,33)/b24-23+/t27-/m0/s1. The van der Waals surface area contributed by atoms with E-state index in [1.54, 1.807) is 11.8 Å². The summed E-state index contributed by atoms with van der Waals surface area (Å²) in [6.07, 6.45) is 32.7. The summed E-state index contributed by atoms with van der Waals surface area (Å²) in [6.45, 7) is 2.28. The normalized spacial score (nSPS) is 12.3. The predicted octanol–water partition coefficient (Wildman–Crippen LogP) is 8.69. The van der Waals surface area contributed by atoms with E-state index in [2.05, 4.69) is 12.2 Å². The number of unbranched alkanes of at least 4 members (excludes halogenated alkanes) is 19. The Labute approximate surface area is 215 Å². The summed E-state index contributed by atoms with van der Waals surface area (Å²) in [5.41, 5.74) is 0. The van der Waals surface area contributed by atoms with E-state index in [1.165, 1.54) is 122 Å². The molecule has 34 heavy (non-hydrogen) atoms. The van der Waals surface area contributed by atoms with E-state index in [0.29, 0.717) is 6.42 Å². The fourth-order valence-corrected chi connectivity index (χ4v) is 4.72. The number of carbonyl (C=O) groups excluding carboxylic acids is 1.